The summed E-state index contributed by atoms with van der Waals surface area (Å²) in [6.45, 7) is 2.16. The second kappa shape index (κ2) is 8.97. The van der Waals surface area contributed by atoms with Crippen molar-refractivity contribution in [1.82, 2.24) is 9.97 Å². The molecule has 0 atom stereocenters. The fraction of sp³-hybridized carbons (Fsp3) is 0.188. The van der Waals surface area contributed by atoms with Gasteiger partial charge in [0.1, 0.15) is 23.6 Å². The zero-order chi connectivity index (χ0) is 19.7. The van der Waals surface area contributed by atoms with Gasteiger partial charge in [0.2, 0.25) is 0 Å². The van der Waals surface area contributed by atoms with Gasteiger partial charge in [-0.3, -0.25) is 10.1 Å². The van der Waals surface area contributed by atoms with E-state index in [1.54, 1.807) is 6.92 Å². The maximum atomic E-state index is 12.4. The average Bonchev–Trinajstić information content (AvgIpc) is 3.15. The summed E-state index contributed by atoms with van der Waals surface area (Å²) >= 11 is 13.1. The van der Waals surface area contributed by atoms with E-state index in [2.05, 4.69) is 15.3 Å². The molecule has 0 aliphatic rings. The molecule has 5 N–H and O–H groups in total. The normalized spacial score (nSPS) is 10.6. The number of carbonyl (C=O) groups excluding carboxylic acids is 1. The standard InChI is InChI=1S/C16H14Cl2N4O4S.ClH/c1-6-10(17)11(18)13(20-6)14(23)22-16-21-12-8(26-3-2-19)4-7(15(24)25)5-9(12)27-16;/h4-5,20H,2-3,19H2,1H3,(H,24,25)(H,21,22,23);1H. The van der Waals surface area contributed by atoms with Gasteiger partial charge in [0, 0.05) is 12.2 Å². The minimum atomic E-state index is -1.10. The number of nitrogens with zero attached hydrogens (tertiary/aromatic N) is 1. The summed E-state index contributed by atoms with van der Waals surface area (Å²) in [6.07, 6.45) is 0. The van der Waals surface area contributed by atoms with Gasteiger partial charge in [-0.15, -0.1) is 12.4 Å². The number of nitrogens with two attached hydrogens (primary N) is 1. The molecule has 0 unspecified atom stereocenters. The van der Waals surface area contributed by atoms with Crippen molar-refractivity contribution in [2.45, 2.75) is 6.92 Å². The lowest BCUT2D eigenvalue weighted by molar-refractivity contribution is 0.0696. The number of aromatic amines is 1. The number of rotatable bonds is 6. The van der Waals surface area contributed by atoms with E-state index in [-0.39, 0.29) is 57.7 Å². The Hall–Kier alpha value is -2.04. The number of aryl methyl sites for hydroxylation is 1. The van der Waals surface area contributed by atoms with Crippen LogP contribution < -0.4 is 15.8 Å². The van der Waals surface area contributed by atoms with Crippen LogP contribution in [0.2, 0.25) is 10.0 Å². The summed E-state index contributed by atoms with van der Waals surface area (Å²) in [7, 11) is 0. The number of carboxylic acid groups (broad SMARTS) is 1. The summed E-state index contributed by atoms with van der Waals surface area (Å²) in [6, 6.07) is 2.83. The van der Waals surface area contributed by atoms with E-state index in [9.17, 15) is 14.7 Å². The van der Waals surface area contributed by atoms with E-state index >= 15 is 0 Å². The number of thiazole rings is 1. The van der Waals surface area contributed by atoms with Crippen LogP contribution in [0.15, 0.2) is 12.1 Å². The highest BCUT2D eigenvalue weighted by Crippen LogP contribution is 2.35. The lowest BCUT2D eigenvalue weighted by Gasteiger charge is -2.06. The molecule has 1 amide bonds. The molecule has 2 aromatic heterocycles. The van der Waals surface area contributed by atoms with Crippen LogP contribution in [-0.2, 0) is 0 Å². The van der Waals surface area contributed by atoms with Crippen molar-refractivity contribution in [3.8, 4) is 5.75 Å². The first-order valence-corrected chi connectivity index (χ1v) is 9.24. The van der Waals surface area contributed by atoms with Gasteiger partial charge in [-0.1, -0.05) is 34.5 Å². The molecule has 1 aromatic carbocycles. The molecule has 0 saturated heterocycles. The molecule has 0 aliphatic heterocycles. The fourth-order valence-electron chi connectivity index (χ4n) is 2.34. The third-order valence-electron chi connectivity index (χ3n) is 3.58. The number of H-pyrrole nitrogens is 1. The Balaban J connectivity index is 0.00000280. The van der Waals surface area contributed by atoms with Crippen LogP contribution in [-0.4, -0.2) is 40.1 Å². The first kappa shape index (κ1) is 22.3. The molecule has 8 nitrogen and oxygen atoms in total. The number of benzene rings is 1. The first-order chi connectivity index (χ1) is 12.8. The van der Waals surface area contributed by atoms with Crippen LogP contribution in [0, 0.1) is 6.92 Å². The van der Waals surface area contributed by atoms with Gasteiger partial charge in [0.15, 0.2) is 5.13 Å². The van der Waals surface area contributed by atoms with Gasteiger partial charge in [-0.2, -0.15) is 0 Å². The molecule has 0 radical (unpaired) electrons. The number of hydrogen-bond donors (Lipinski definition) is 4. The second-order valence-corrected chi connectivity index (χ2v) is 7.28. The van der Waals surface area contributed by atoms with Crippen molar-refractivity contribution in [3.05, 3.63) is 39.1 Å². The van der Waals surface area contributed by atoms with Crippen molar-refractivity contribution in [3.63, 3.8) is 0 Å². The number of aromatic carboxylic acids is 1. The quantitative estimate of drug-likeness (QED) is 0.436. The van der Waals surface area contributed by atoms with Crippen molar-refractivity contribution < 1.29 is 19.4 Å². The van der Waals surface area contributed by atoms with E-state index < -0.39 is 11.9 Å². The van der Waals surface area contributed by atoms with Gasteiger partial charge >= 0.3 is 5.97 Å². The molecule has 150 valence electrons. The lowest BCUT2D eigenvalue weighted by atomic mass is 10.2. The highest BCUT2D eigenvalue weighted by molar-refractivity contribution is 7.22. The molecular weight excluding hydrogens is 451 g/mol. The molecule has 0 spiro atoms. The highest BCUT2D eigenvalue weighted by Gasteiger charge is 2.20. The lowest BCUT2D eigenvalue weighted by Crippen LogP contribution is -2.13. The second-order valence-electron chi connectivity index (χ2n) is 5.49. The van der Waals surface area contributed by atoms with Crippen LogP contribution in [0.4, 0.5) is 5.13 Å². The van der Waals surface area contributed by atoms with Crippen LogP contribution in [0.5, 0.6) is 5.75 Å². The van der Waals surface area contributed by atoms with Crippen LogP contribution >= 0.6 is 46.9 Å². The fourth-order valence-corrected chi connectivity index (χ4v) is 3.68. The van der Waals surface area contributed by atoms with Gasteiger partial charge in [-0.25, -0.2) is 9.78 Å². The number of ether oxygens (including phenoxy) is 1. The van der Waals surface area contributed by atoms with Gasteiger partial charge < -0.3 is 20.6 Å². The zero-order valence-corrected chi connectivity index (χ0v) is 17.5. The number of carboxylic acids is 1. The largest absolute Gasteiger partial charge is 0.490 e. The van der Waals surface area contributed by atoms with E-state index in [1.807, 2.05) is 0 Å². The maximum Gasteiger partial charge on any atom is 0.335 e. The number of anilines is 1. The number of nitrogens with one attached hydrogen (secondary N) is 2. The predicted octanol–water partition coefficient (Wildman–Crippen LogP) is 3.95. The molecule has 2 heterocycles. The summed E-state index contributed by atoms with van der Waals surface area (Å²) < 4.78 is 6.04. The Morgan fingerprint density at radius 2 is 2.07 bits per heavy atom. The summed E-state index contributed by atoms with van der Waals surface area (Å²) in [4.78, 5) is 30.9. The molecular formula is C16H15Cl3N4O4S. The number of fused-ring (bicyclic) bond motifs is 1. The molecule has 0 aliphatic carbocycles. The Kier molecular flexibility index (Phi) is 7.13. The van der Waals surface area contributed by atoms with Crippen molar-refractivity contribution in [2.75, 3.05) is 18.5 Å². The van der Waals surface area contributed by atoms with Gasteiger partial charge in [-0.05, 0) is 19.1 Å². The zero-order valence-electron chi connectivity index (χ0n) is 14.3. The van der Waals surface area contributed by atoms with E-state index in [0.29, 0.717) is 15.9 Å². The van der Waals surface area contributed by atoms with Gasteiger partial charge in [0.05, 0.1) is 20.3 Å². The number of halogens is 3. The van der Waals surface area contributed by atoms with Crippen LogP contribution in [0.25, 0.3) is 10.2 Å². The van der Waals surface area contributed by atoms with Gasteiger partial charge in [0.25, 0.3) is 5.91 Å². The van der Waals surface area contributed by atoms with E-state index in [1.165, 1.54) is 12.1 Å². The SMILES string of the molecule is Cc1[nH]c(C(=O)Nc2nc3c(OCCN)cc(C(=O)O)cc3s2)c(Cl)c1Cl.Cl. The molecule has 0 fully saturated rings. The minimum absolute atomic E-state index is 0. The maximum absolute atomic E-state index is 12.4. The first-order valence-electron chi connectivity index (χ1n) is 7.67. The molecule has 12 heteroatoms. The monoisotopic (exact) mass is 464 g/mol. The summed E-state index contributed by atoms with van der Waals surface area (Å²) in [5.74, 6) is -1.34. The van der Waals surface area contributed by atoms with Crippen molar-refractivity contribution in [2.24, 2.45) is 5.73 Å². The van der Waals surface area contributed by atoms with Crippen molar-refractivity contribution in [1.29, 1.82) is 0 Å². The minimum Gasteiger partial charge on any atom is -0.490 e. The predicted molar refractivity (Wildman–Crippen MR) is 112 cm³/mol. The number of hydrogen-bond acceptors (Lipinski definition) is 6. The van der Waals surface area contributed by atoms with Crippen molar-refractivity contribution >= 4 is 74.2 Å². The molecule has 0 bridgehead atoms. The number of aromatic nitrogens is 2. The molecule has 3 rings (SSSR count). The summed E-state index contributed by atoms with van der Waals surface area (Å²) in [5.41, 5.74) is 6.60. The third-order valence-corrected chi connectivity index (χ3v) is 5.45. The molecule has 3 aromatic rings. The topological polar surface area (TPSA) is 130 Å². The smallest absolute Gasteiger partial charge is 0.335 e. The number of carbonyl (C=O) groups is 2. The van der Waals surface area contributed by atoms with Crippen LogP contribution in [0.1, 0.15) is 26.5 Å². The highest BCUT2D eigenvalue weighted by atomic mass is 35.5. The van der Waals surface area contributed by atoms with E-state index in [0.717, 1.165) is 11.3 Å². The molecule has 0 saturated carbocycles. The third kappa shape index (κ3) is 4.34. The van der Waals surface area contributed by atoms with E-state index in [4.69, 9.17) is 33.7 Å². The van der Waals surface area contributed by atoms with Crippen LogP contribution in [0.3, 0.4) is 0 Å². The summed E-state index contributed by atoms with van der Waals surface area (Å²) in [5, 5.41) is 12.5. The molecule has 28 heavy (non-hydrogen) atoms. The Labute approximate surface area is 179 Å². The Bertz CT molecular complexity index is 1050. The average molecular weight is 466 g/mol. The Morgan fingerprint density at radius 3 is 2.64 bits per heavy atom. The Morgan fingerprint density at radius 1 is 1.36 bits per heavy atom. The number of amides is 1.